The number of fused-ring (bicyclic) bond motifs is 1. The predicted molar refractivity (Wildman–Crippen MR) is 139 cm³/mol. The molecule has 0 N–H and O–H groups in total. The van der Waals surface area contributed by atoms with Gasteiger partial charge in [0.15, 0.2) is 5.78 Å². The SMILES string of the molecule is O=C(c1cnc(N2CCOCC2)nc1-c1ccccc1F)C(Cc1cccc2ccccc12)C1CC1. The van der Waals surface area contributed by atoms with Crippen LogP contribution >= 0.6 is 0 Å². The number of rotatable bonds is 7. The van der Waals surface area contributed by atoms with Gasteiger partial charge in [-0.25, -0.2) is 14.4 Å². The van der Waals surface area contributed by atoms with E-state index in [0.29, 0.717) is 61.4 Å². The Morgan fingerprint density at radius 3 is 2.56 bits per heavy atom. The van der Waals surface area contributed by atoms with E-state index in [1.165, 1.54) is 16.8 Å². The van der Waals surface area contributed by atoms with Crippen LogP contribution in [0.4, 0.5) is 10.3 Å². The van der Waals surface area contributed by atoms with Gasteiger partial charge in [0.1, 0.15) is 5.82 Å². The monoisotopic (exact) mass is 481 g/mol. The van der Waals surface area contributed by atoms with Crippen molar-refractivity contribution in [3.05, 3.63) is 89.9 Å². The van der Waals surface area contributed by atoms with E-state index in [2.05, 4.69) is 35.3 Å². The Balaban J connectivity index is 1.40. The largest absolute Gasteiger partial charge is 0.378 e. The van der Waals surface area contributed by atoms with Crippen molar-refractivity contribution >= 4 is 22.5 Å². The second kappa shape index (κ2) is 9.78. The Kier molecular flexibility index (Phi) is 6.20. The number of benzene rings is 3. The standard InChI is InChI=1S/C30H28FN3O2/c31-27-11-4-3-10-24(27)28-26(19-32-30(33-28)34-14-16-36-17-15-34)29(35)25(21-12-13-21)18-22-8-5-7-20-6-1-2-9-23(20)22/h1-11,19,21,25H,12-18H2. The van der Waals surface area contributed by atoms with Crippen molar-refractivity contribution in [3.8, 4) is 11.3 Å². The molecule has 1 saturated heterocycles. The zero-order valence-electron chi connectivity index (χ0n) is 20.1. The van der Waals surface area contributed by atoms with Crippen molar-refractivity contribution in [1.82, 2.24) is 9.97 Å². The Morgan fingerprint density at radius 2 is 1.75 bits per heavy atom. The summed E-state index contributed by atoms with van der Waals surface area (Å²) in [6.45, 7) is 2.51. The molecular formula is C30H28FN3O2. The van der Waals surface area contributed by atoms with Gasteiger partial charge in [-0.15, -0.1) is 0 Å². The molecule has 1 saturated carbocycles. The average molecular weight is 482 g/mol. The third-order valence-electron chi connectivity index (χ3n) is 7.31. The maximum Gasteiger partial charge on any atom is 0.226 e. The highest BCUT2D eigenvalue weighted by molar-refractivity contribution is 6.03. The van der Waals surface area contributed by atoms with Crippen LogP contribution in [-0.2, 0) is 11.2 Å². The molecule has 0 amide bonds. The minimum atomic E-state index is -0.393. The average Bonchev–Trinajstić information content (AvgIpc) is 3.77. The predicted octanol–water partition coefficient (Wildman–Crippen LogP) is 5.72. The summed E-state index contributed by atoms with van der Waals surface area (Å²) in [5.41, 5.74) is 2.27. The van der Waals surface area contributed by atoms with E-state index in [1.807, 2.05) is 17.0 Å². The first-order chi connectivity index (χ1) is 17.7. The van der Waals surface area contributed by atoms with Gasteiger partial charge in [-0.05, 0) is 53.6 Å². The van der Waals surface area contributed by atoms with Gasteiger partial charge in [-0.1, -0.05) is 54.6 Å². The van der Waals surface area contributed by atoms with Crippen molar-refractivity contribution in [2.45, 2.75) is 19.3 Å². The summed E-state index contributed by atoms with van der Waals surface area (Å²) < 4.78 is 20.4. The van der Waals surface area contributed by atoms with Crippen LogP contribution in [0.5, 0.6) is 0 Å². The third-order valence-corrected chi connectivity index (χ3v) is 7.31. The van der Waals surface area contributed by atoms with E-state index >= 15 is 0 Å². The summed E-state index contributed by atoms with van der Waals surface area (Å²) in [6.07, 6.45) is 4.32. The van der Waals surface area contributed by atoms with Crippen molar-refractivity contribution in [3.63, 3.8) is 0 Å². The summed E-state index contributed by atoms with van der Waals surface area (Å²) >= 11 is 0. The molecule has 0 radical (unpaired) electrons. The van der Waals surface area contributed by atoms with Crippen molar-refractivity contribution in [2.75, 3.05) is 31.2 Å². The number of ether oxygens (including phenoxy) is 1. The molecule has 2 heterocycles. The fourth-order valence-electron chi connectivity index (χ4n) is 5.21. The van der Waals surface area contributed by atoms with Gasteiger partial charge in [0.05, 0.1) is 24.5 Å². The van der Waals surface area contributed by atoms with E-state index in [9.17, 15) is 9.18 Å². The fourth-order valence-corrected chi connectivity index (χ4v) is 5.21. The highest BCUT2D eigenvalue weighted by Gasteiger charge is 2.38. The highest BCUT2D eigenvalue weighted by Crippen LogP contribution is 2.42. The molecule has 1 unspecified atom stereocenters. The minimum absolute atomic E-state index is 0.00258. The number of nitrogens with zero attached hydrogens (tertiary/aromatic N) is 3. The fraction of sp³-hybridized carbons (Fsp3) is 0.300. The van der Waals surface area contributed by atoms with Crippen LogP contribution in [-0.4, -0.2) is 42.1 Å². The number of morpholine rings is 1. The summed E-state index contributed by atoms with van der Waals surface area (Å²) in [6, 6.07) is 21.1. The Morgan fingerprint density at radius 1 is 1.00 bits per heavy atom. The lowest BCUT2D eigenvalue weighted by Crippen LogP contribution is -2.37. The number of hydrogen-bond donors (Lipinski definition) is 0. The van der Waals surface area contributed by atoms with Gasteiger partial charge in [0.2, 0.25) is 5.95 Å². The first-order valence-electron chi connectivity index (χ1n) is 12.6. The molecule has 3 aromatic carbocycles. The summed E-state index contributed by atoms with van der Waals surface area (Å²) in [4.78, 5) is 25.5. The molecule has 1 atom stereocenters. The topological polar surface area (TPSA) is 55.3 Å². The molecule has 6 heteroatoms. The molecule has 1 aromatic heterocycles. The van der Waals surface area contributed by atoms with Crippen LogP contribution < -0.4 is 4.90 Å². The Labute approximate surface area is 210 Å². The van der Waals surface area contributed by atoms with Crippen LogP contribution in [0.2, 0.25) is 0 Å². The molecule has 0 spiro atoms. The van der Waals surface area contributed by atoms with Crippen molar-refractivity contribution < 1.29 is 13.9 Å². The number of hydrogen-bond acceptors (Lipinski definition) is 5. The number of Topliss-reactive ketones (excluding diaryl/α,β-unsaturated/α-hetero) is 1. The third kappa shape index (κ3) is 4.49. The van der Waals surface area contributed by atoms with Gasteiger partial charge in [-0.3, -0.25) is 4.79 Å². The molecule has 6 rings (SSSR count). The maximum absolute atomic E-state index is 15.0. The number of ketones is 1. The molecule has 1 aliphatic heterocycles. The molecule has 1 aliphatic carbocycles. The summed E-state index contributed by atoms with van der Waals surface area (Å²) in [7, 11) is 0. The maximum atomic E-state index is 15.0. The minimum Gasteiger partial charge on any atom is -0.378 e. The highest BCUT2D eigenvalue weighted by atomic mass is 19.1. The Hall–Kier alpha value is -3.64. The normalized spacial score (nSPS) is 16.8. The lowest BCUT2D eigenvalue weighted by atomic mass is 9.85. The molecule has 5 nitrogen and oxygen atoms in total. The molecule has 2 aliphatic rings. The lowest BCUT2D eigenvalue weighted by Gasteiger charge is -2.27. The van der Waals surface area contributed by atoms with E-state index < -0.39 is 5.82 Å². The van der Waals surface area contributed by atoms with Gasteiger partial charge >= 0.3 is 0 Å². The Bertz CT molecular complexity index is 1410. The van der Waals surface area contributed by atoms with Crippen molar-refractivity contribution in [1.29, 1.82) is 0 Å². The van der Waals surface area contributed by atoms with Crippen LogP contribution in [0.15, 0.2) is 72.9 Å². The van der Waals surface area contributed by atoms with Gasteiger partial charge < -0.3 is 9.64 Å². The molecule has 36 heavy (non-hydrogen) atoms. The zero-order chi connectivity index (χ0) is 24.5. The van der Waals surface area contributed by atoms with Crippen LogP contribution in [0, 0.1) is 17.7 Å². The van der Waals surface area contributed by atoms with Gasteiger partial charge in [0.25, 0.3) is 0 Å². The molecular weight excluding hydrogens is 453 g/mol. The number of carbonyl (C=O) groups excluding carboxylic acids is 1. The summed E-state index contributed by atoms with van der Waals surface area (Å²) in [5.74, 6) is 0.237. The van der Waals surface area contributed by atoms with E-state index in [-0.39, 0.29) is 11.7 Å². The first-order valence-corrected chi connectivity index (χ1v) is 12.6. The second-order valence-corrected chi connectivity index (χ2v) is 9.66. The number of aromatic nitrogens is 2. The van der Waals surface area contributed by atoms with E-state index in [0.717, 1.165) is 18.4 Å². The summed E-state index contributed by atoms with van der Waals surface area (Å²) in [5, 5.41) is 2.34. The molecule has 182 valence electrons. The number of anilines is 1. The quantitative estimate of drug-likeness (QED) is 0.316. The van der Waals surface area contributed by atoms with E-state index in [4.69, 9.17) is 9.72 Å². The molecule has 2 fully saturated rings. The zero-order valence-corrected chi connectivity index (χ0v) is 20.1. The van der Waals surface area contributed by atoms with E-state index in [1.54, 1.807) is 24.4 Å². The lowest BCUT2D eigenvalue weighted by molar-refractivity contribution is 0.0903. The van der Waals surface area contributed by atoms with Crippen LogP contribution in [0.1, 0.15) is 28.8 Å². The molecule has 0 bridgehead atoms. The molecule has 4 aromatic rings. The van der Waals surface area contributed by atoms with Crippen LogP contribution in [0.3, 0.4) is 0 Å². The number of carbonyl (C=O) groups is 1. The number of halogens is 1. The van der Waals surface area contributed by atoms with Crippen LogP contribution in [0.25, 0.3) is 22.0 Å². The van der Waals surface area contributed by atoms with Crippen molar-refractivity contribution in [2.24, 2.45) is 11.8 Å². The second-order valence-electron chi connectivity index (χ2n) is 9.66. The van der Waals surface area contributed by atoms with Gasteiger partial charge in [-0.2, -0.15) is 0 Å². The first kappa shape index (κ1) is 22.8. The van der Waals surface area contributed by atoms with Gasteiger partial charge in [0, 0.05) is 30.8 Å². The smallest absolute Gasteiger partial charge is 0.226 e.